The molecule has 2 heterocycles. The molecule has 0 spiro atoms. The van der Waals surface area contributed by atoms with Gasteiger partial charge in [-0.15, -0.1) is 0 Å². The Labute approximate surface area is 86.4 Å². The van der Waals surface area contributed by atoms with Crippen molar-refractivity contribution in [3.63, 3.8) is 0 Å². The van der Waals surface area contributed by atoms with Crippen molar-refractivity contribution in [3.05, 3.63) is 0 Å². The third-order valence-electron chi connectivity index (χ3n) is 2.54. The maximum absolute atomic E-state index is 11.5. The fraction of sp³-hybridized carbons (Fsp3) is 1.00. The molecule has 0 N–H and O–H groups in total. The van der Waals surface area contributed by atoms with Crippen LogP contribution in [0.25, 0.3) is 0 Å². The highest BCUT2D eigenvalue weighted by molar-refractivity contribution is 9.10. The summed E-state index contributed by atoms with van der Waals surface area (Å²) in [5.41, 5.74) is 0. The molecule has 0 bridgehead atoms. The van der Waals surface area contributed by atoms with Crippen molar-refractivity contribution in [2.75, 3.05) is 17.8 Å². The molecule has 0 unspecified atom stereocenters. The van der Waals surface area contributed by atoms with Crippen LogP contribution in [0.3, 0.4) is 0 Å². The average Bonchev–Trinajstić information content (AvgIpc) is 2.80. The highest BCUT2D eigenvalue weighted by atomic mass is 79.9. The monoisotopic (exact) mass is 269 g/mol. The Morgan fingerprint density at radius 3 is 2.31 bits per heavy atom. The second kappa shape index (κ2) is 3.49. The van der Waals surface area contributed by atoms with Gasteiger partial charge in [-0.1, -0.05) is 15.9 Å². The van der Waals surface area contributed by atoms with Gasteiger partial charge in [0, 0.05) is 13.1 Å². The van der Waals surface area contributed by atoms with E-state index in [0.717, 1.165) is 12.8 Å². The van der Waals surface area contributed by atoms with Crippen molar-refractivity contribution in [2.24, 2.45) is 0 Å². The zero-order valence-corrected chi connectivity index (χ0v) is 9.55. The van der Waals surface area contributed by atoms with Crippen molar-refractivity contribution < 1.29 is 13.2 Å². The van der Waals surface area contributed by atoms with Crippen LogP contribution in [0, 0.1) is 0 Å². The number of ether oxygens (including phenoxy) is 1. The van der Waals surface area contributed by atoms with E-state index < -0.39 is 10.0 Å². The van der Waals surface area contributed by atoms with Crippen molar-refractivity contribution in [3.8, 4) is 0 Å². The molecule has 2 fully saturated rings. The van der Waals surface area contributed by atoms with E-state index in [1.807, 2.05) is 0 Å². The summed E-state index contributed by atoms with van der Waals surface area (Å²) < 4.78 is 29.8. The van der Waals surface area contributed by atoms with Gasteiger partial charge in [0.2, 0.25) is 10.0 Å². The van der Waals surface area contributed by atoms with E-state index in [4.69, 9.17) is 4.74 Å². The SMILES string of the molecule is O=S(=O)(CBr)N1CC[C@@H]2O[C@@H]2CC1. The molecule has 0 aliphatic carbocycles. The molecular formula is C7H12BrNO3S. The summed E-state index contributed by atoms with van der Waals surface area (Å²) in [5, 5.41) is 0. The molecule has 2 saturated heterocycles. The Bertz CT molecular complexity index is 280. The van der Waals surface area contributed by atoms with Gasteiger partial charge in [-0.2, -0.15) is 0 Å². The summed E-state index contributed by atoms with van der Waals surface area (Å²) in [6, 6.07) is 0. The highest BCUT2D eigenvalue weighted by Crippen LogP contribution is 2.32. The minimum Gasteiger partial charge on any atom is -0.369 e. The van der Waals surface area contributed by atoms with Gasteiger partial charge in [0.15, 0.2) is 0 Å². The van der Waals surface area contributed by atoms with Crippen molar-refractivity contribution in [1.82, 2.24) is 4.31 Å². The first-order chi connectivity index (χ1) is 6.13. The zero-order chi connectivity index (χ0) is 9.47. The van der Waals surface area contributed by atoms with E-state index in [0.29, 0.717) is 25.3 Å². The molecule has 0 radical (unpaired) electrons. The smallest absolute Gasteiger partial charge is 0.224 e. The van der Waals surface area contributed by atoms with Crippen LogP contribution >= 0.6 is 15.9 Å². The Morgan fingerprint density at radius 2 is 1.85 bits per heavy atom. The Hall–Kier alpha value is 0.350. The first-order valence-corrected chi connectivity index (χ1v) is 7.06. The molecule has 76 valence electrons. The molecule has 0 aromatic carbocycles. The van der Waals surface area contributed by atoms with E-state index in [9.17, 15) is 8.42 Å². The van der Waals surface area contributed by atoms with Gasteiger partial charge in [-0.3, -0.25) is 0 Å². The number of epoxide rings is 1. The number of sulfonamides is 1. The predicted octanol–water partition coefficient (Wildman–Crippen LogP) is 0.532. The van der Waals surface area contributed by atoms with Crippen molar-refractivity contribution >= 4 is 26.0 Å². The molecule has 4 nitrogen and oxygen atoms in total. The number of rotatable bonds is 2. The largest absolute Gasteiger partial charge is 0.369 e. The second-order valence-corrected chi connectivity index (χ2v) is 6.68. The van der Waals surface area contributed by atoms with Gasteiger partial charge >= 0.3 is 0 Å². The molecule has 0 saturated carbocycles. The highest BCUT2D eigenvalue weighted by Gasteiger charge is 2.42. The van der Waals surface area contributed by atoms with Gasteiger partial charge in [-0.05, 0) is 12.8 Å². The first kappa shape index (κ1) is 9.89. The summed E-state index contributed by atoms with van der Waals surface area (Å²) in [7, 11) is -3.05. The number of fused-ring (bicyclic) bond motifs is 1. The molecule has 0 amide bonds. The third kappa shape index (κ3) is 2.06. The summed E-state index contributed by atoms with van der Waals surface area (Å²) in [5.74, 6) is 0. The number of alkyl halides is 1. The van der Waals surface area contributed by atoms with E-state index in [-0.39, 0.29) is 4.66 Å². The van der Waals surface area contributed by atoms with Gasteiger partial charge in [-0.25, -0.2) is 12.7 Å². The van der Waals surface area contributed by atoms with Crippen LogP contribution in [0.4, 0.5) is 0 Å². The molecule has 0 aromatic heterocycles. The zero-order valence-electron chi connectivity index (χ0n) is 7.15. The molecule has 6 heteroatoms. The molecule has 0 aromatic rings. The lowest BCUT2D eigenvalue weighted by molar-refractivity contribution is 0.301. The lowest BCUT2D eigenvalue weighted by Crippen LogP contribution is -2.33. The van der Waals surface area contributed by atoms with Gasteiger partial charge in [0.25, 0.3) is 0 Å². The van der Waals surface area contributed by atoms with Crippen LogP contribution in [0.2, 0.25) is 0 Å². The van der Waals surface area contributed by atoms with Gasteiger partial charge in [0.1, 0.15) is 4.66 Å². The van der Waals surface area contributed by atoms with Crippen LogP contribution in [-0.4, -0.2) is 42.7 Å². The minimum absolute atomic E-state index is 0.0240. The van der Waals surface area contributed by atoms with Crippen molar-refractivity contribution in [1.29, 1.82) is 0 Å². The van der Waals surface area contributed by atoms with Crippen LogP contribution in [-0.2, 0) is 14.8 Å². The maximum atomic E-state index is 11.5. The number of nitrogens with zero attached hydrogens (tertiary/aromatic N) is 1. The van der Waals surface area contributed by atoms with Gasteiger partial charge < -0.3 is 4.74 Å². The Morgan fingerprint density at radius 1 is 1.31 bits per heavy atom. The summed E-state index contributed by atoms with van der Waals surface area (Å²) >= 11 is 3.00. The van der Waals surface area contributed by atoms with Crippen LogP contribution in [0.5, 0.6) is 0 Å². The standard InChI is InChI=1S/C7H12BrNO3S/c8-5-13(10,11)9-3-1-6-7(12-6)2-4-9/h6-7H,1-5H2/t6-,7+. The second-order valence-electron chi connectivity index (χ2n) is 3.41. The Kier molecular flexibility index (Phi) is 2.65. The number of hydrogen-bond donors (Lipinski definition) is 0. The molecule has 2 atom stereocenters. The van der Waals surface area contributed by atoms with E-state index in [2.05, 4.69) is 15.9 Å². The van der Waals surface area contributed by atoms with Crippen LogP contribution < -0.4 is 0 Å². The normalized spacial score (nSPS) is 35.2. The summed E-state index contributed by atoms with van der Waals surface area (Å²) in [4.78, 5) is 0. The lowest BCUT2D eigenvalue weighted by atomic mass is 10.2. The molecule has 2 rings (SSSR count). The van der Waals surface area contributed by atoms with Gasteiger partial charge in [0.05, 0.1) is 12.2 Å². The molecular weight excluding hydrogens is 258 g/mol. The average molecular weight is 270 g/mol. The quantitative estimate of drug-likeness (QED) is 0.543. The minimum atomic E-state index is -3.05. The van der Waals surface area contributed by atoms with Crippen LogP contribution in [0.15, 0.2) is 0 Å². The molecule has 2 aliphatic heterocycles. The third-order valence-corrected chi connectivity index (χ3v) is 5.71. The van der Waals surface area contributed by atoms with E-state index >= 15 is 0 Å². The Balaban J connectivity index is 2.01. The van der Waals surface area contributed by atoms with Crippen molar-refractivity contribution in [2.45, 2.75) is 25.0 Å². The first-order valence-electron chi connectivity index (χ1n) is 4.33. The molecule has 13 heavy (non-hydrogen) atoms. The summed E-state index contributed by atoms with van der Waals surface area (Å²) in [6.07, 6.45) is 2.35. The van der Waals surface area contributed by atoms with E-state index in [1.54, 1.807) is 4.31 Å². The topological polar surface area (TPSA) is 49.9 Å². The number of halogens is 1. The van der Waals surface area contributed by atoms with E-state index in [1.165, 1.54) is 0 Å². The van der Waals surface area contributed by atoms with Crippen LogP contribution in [0.1, 0.15) is 12.8 Å². The molecule has 2 aliphatic rings. The fourth-order valence-electron chi connectivity index (χ4n) is 1.69. The lowest BCUT2D eigenvalue weighted by Gasteiger charge is -2.18. The summed E-state index contributed by atoms with van der Waals surface area (Å²) in [6.45, 7) is 1.21. The predicted molar refractivity (Wildman–Crippen MR) is 52.2 cm³/mol. The maximum Gasteiger partial charge on any atom is 0.224 e. The number of hydrogen-bond acceptors (Lipinski definition) is 3. The fourth-order valence-corrected chi connectivity index (χ4v) is 3.46.